The minimum absolute atomic E-state index is 0.104. The monoisotopic (exact) mass is 631 g/mol. The second kappa shape index (κ2) is 12.0. The molecular weight excluding hydrogens is 597 g/mol. The first kappa shape index (κ1) is 29.4. The van der Waals surface area contributed by atoms with Gasteiger partial charge in [-0.05, 0) is 61.5 Å². The number of carbonyl (C=O) groups is 3. The fraction of sp³-hybridized carbons (Fsp3) is 0.552. The zero-order chi connectivity index (χ0) is 29.3. The molecule has 2 aliphatic heterocycles. The van der Waals surface area contributed by atoms with E-state index in [0.29, 0.717) is 34.0 Å². The number of benzene rings is 1. The first-order valence-electron chi connectivity index (χ1n) is 14.1. The summed E-state index contributed by atoms with van der Waals surface area (Å²) in [6.45, 7) is 3.75. The van der Waals surface area contributed by atoms with Gasteiger partial charge in [-0.25, -0.2) is 19.2 Å². The number of nitrogens with one attached hydrogen (secondary N) is 1. The van der Waals surface area contributed by atoms with Crippen LogP contribution in [-0.2, 0) is 19.1 Å². The van der Waals surface area contributed by atoms with E-state index in [1.807, 2.05) is 12.2 Å². The van der Waals surface area contributed by atoms with Crippen molar-refractivity contribution < 1.29 is 28.2 Å². The van der Waals surface area contributed by atoms with Crippen LogP contribution in [0.5, 0.6) is 5.88 Å². The van der Waals surface area contributed by atoms with E-state index in [1.54, 1.807) is 13.8 Å². The number of halogens is 2. The van der Waals surface area contributed by atoms with Gasteiger partial charge in [0, 0.05) is 22.9 Å². The minimum Gasteiger partial charge on any atom is -0.471 e. The first-order chi connectivity index (χ1) is 19.6. The number of nitrogens with zero attached hydrogens (tertiary/aromatic N) is 3. The topological polar surface area (TPSA) is 137 Å². The van der Waals surface area contributed by atoms with Gasteiger partial charge >= 0.3 is 5.97 Å². The lowest BCUT2D eigenvalue weighted by molar-refractivity contribution is -0.150. The van der Waals surface area contributed by atoms with Gasteiger partial charge in [0.25, 0.3) is 0 Å². The Hall–Kier alpha value is -3.12. The normalized spacial score (nSPS) is 28.8. The molecule has 41 heavy (non-hydrogen) atoms. The summed E-state index contributed by atoms with van der Waals surface area (Å²) in [5.41, 5.74) is 6.44. The van der Waals surface area contributed by atoms with E-state index in [4.69, 9.17) is 15.2 Å². The molecule has 1 saturated heterocycles. The Morgan fingerprint density at radius 1 is 1.27 bits per heavy atom. The summed E-state index contributed by atoms with van der Waals surface area (Å²) in [4.78, 5) is 50.7. The summed E-state index contributed by atoms with van der Waals surface area (Å²) in [5, 5.41) is 2.93. The molecule has 12 heteroatoms. The summed E-state index contributed by atoms with van der Waals surface area (Å²) < 4.78 is 26.0. The van der Waals surface area contributed by atoms with Crippen LogP contribution in [0, 0.1) is 18.7 Å². The Morgan fingerprint density at radius 3 is 2.85 bits per heavy atom. The maximum absolute atomic E-state index is 14.0. The third-order valence-corrected chi connectivity index (χ3v) is 8.62. The van der Waals surface area contributed by atoms with Gasteiger partial charge in [-0.15, -0.1) is 0 Å². The van der Waals surface area contributed by atoms with Crippen molar-refractivity contribution in [3.63, 3.8) is 0 Å². The van der Waals surface area contributed by atoms with Gasteiger partial charge in [-0.2, -0.15) is 0 Å². The summed E-state index contributed by atoms with van der Waals surface area (Å²) in [6, 6.07) is 0.916. The van der Waals surface area contributed by atoms with Gasteiger partial charge in [0.2, 0.25) is 17.7 Å². The Labute approximate surface area is 246 Å². The van der Waals surface area contributed by atoms with E-state index in [9.17, 15) is 18.8 Å². The zero-order valence-electron chi connectivity index (χ0n) is 23.2. The molecule has 2 fully saturated rings. The van der Waals surface area contributed by atoms with Crippen LogP contribution >= 0.6 is 15.9 Å². The van der Waals surface area contributed by atoms with Crippen LogP contribution in [0.3, 0.4) is 0 Å². The van der Waals surface area contributed by atoms with Crippen molar-refractivity contribution in [1.82, 2.24) is 20.2 Å². The van der Waals surface area contributed by atoms with Gasteiger partial charge in [-0.3, -0.25) is 9.59 Å². The van der Waals surface area contributed by atoms with Crippen molar-refractivity contribution in [2.45, 2.75) is 82.5 Å². The average molecular weight is 633 g/mol. The quantitative estimate of drug-likeness (QED) is 0.387. The molecule has 5 rings (SSSR count). The van der Waals surface area contributed by atoms with E-state index < -0.39 is 41.4 Å². The van der Waals surface area contributed by atoms with Gasteiger partial charge < -0.3 is 25.4 Å². The highest BCUT2D eigenvalue weighted by Gasteiger charge is 2.62. The lowest BCUT2D eigenvalue weighted by Gasteiger charge is -2.28. The molecule has 0 radical (unpaired) electrons. The Morgan fingerprint density at radius 2 is 2.07 bits per heavy atom. The number of allylic oxidation sites excluding steroid dienone is 1. The number of rotatable bonds is 4. The maximum Gasteiger partial charge on any atom is 0.332 e. The zero-order valence-corrected chi connectivity index (χ0v) is 24.8. The van der Waals surface area contributed by atoms with Gasteiger partial charge in [0.1, 0.15) is 34.7 Å². The molecule has 10 nitrogen and oxygen atoms in total. The molecule has 1 aromatic carbocycles. The number of nitrogens with two attached hydrogens (primary N) is 1. The van der Waals surface area contributed by atoms with Crippen LogP contribution in [0.4, 0.5) is 4.39 Å². The molecule has 0 bridgehead atoms. The summed E-state index contributed by atoms with van der Waals surface area (Å²) >= 11 is 3.32. The van der Waals surface area contributed by atoms with Crippen LogP contribution in [0.15, 0.2) is 28.8 Å². The van der Waals surface area contributed by atoms with Crippen LogP contribution in [0.25, 0.3) is 11.0 Å². The van der Waals surface area contributed by atoms with Crippen LogP contribution in [0.1, 0.15) is 57.6 Å². The van der Waals surface area contributed by atoms with Crippen LogP contribution < -0.4 is 15.8 Å². The molecule has 3 aliphatic rings. The smallest absolute Gasteiger partial charge is 0.332 e. The highest BCUT2D eigenvalue weighted by atomic mass is 79.9. The van der Waals surface area contributed by atoms with Crippen molar-refractivity contribution in [2.24, 2.45) is 11.7 Å². The highest BCUT2D eigenvalue weighted by Crippen LogP contribution is 2.46. The lowest BCUT2D eigenvalue weighted by Crippen LogP contribution is -2.55. The maximum atomic E-state index is 14.0. The number of carbonyl (C=O) groups excluding carboxylic acids is 3. The van der Waals surface area contributed by atoms with Gasteiger partial charge in [0.15, 0.2) is 0 Å². The molecule has 2 aromatic rings. The van der Waals surface area contributed by atoms with Crippen LogP contribution in [0.2, 0.25) is 0 Å². The second-order valence-electron chi connectivity index (χ2n) is 11.0. The van der Waals surface area contributed by atoms with Gasteiger partial charge in [-0.1, -0.05) is 25.0 Å². The van der Waals surface area contributed by atoms with Crippen molar-refractivity contribution in [3.8, 4) is 5.88 Å². The summed E-state index contributed by atoms with van der Waals surface area (Å²) in [7, 11) is 0. The second-order valence-corrected chi connectivity index (χ2v) is 11.9. The third kappa shape index (κ3) is 6.08. The Balaban J connectivity index is 1.42. The van der Waals surface area contributed by atoms with Crippen LogP contribution in [-0.4, -0.2) is 69.5 Å². The summed E-state index contributed by atoms with van der Waals surface area (Å²) in [6.07, 6.45) is 8.03. The molecule has 2 amide bonds. The number of aromatic nitrogens is 2. The predicted octanol–water partition coefficient (Wildman–Crippen LogP) is 3.47. The molecule has 5 atom stereocenters. The fourth-order valence-electron chi connectivity index (χ4n) is 5.71. The van der Waals surface area contributed by atoms with E-state index in [2.05, 4.69) is 31.2 Å². The molecule has 1 saturated carbocycles. The summed E-state index contributed by atoms with van der Waals surface area (Å²) in [5.74, 6) is -1.73. The number of ether oxygens (including phenoxy) is 2. The number of fused-ring (bicyclic) bond motifs is 3. The van der Waals surface area contributed by atoms with E-state index in [1.165, 1.54) is 17.0 Å². The number of esters is 1. The van der Waals surface area contributed by atoms with Crippen molar-refractivity contribution in [3.05, 3.63) is 40.3 Å². The molecule has 3 heterocycles. The number of hydrogen-bond donors (Lipinski definition) is 2. The molecular formula is C29H35BrFN5O5. The number of amides is 2. The largest absolute Gasteiger partial charge is 0.471 e. The van der Waals surface area contributed by atoms with Crippen molar-refractivity contribution in [2.75, 3.05) is 13.2 Å². The number of hydrogen-bond acceptors (Lipinski definition) is 8. The minimum atomic E-state index is -1.16. The van der Waals surface area contributed by atoms with E-state index >= 15 is 0 Å². The fourth-order valence-corrected chi connectivity index (χ4v) is 6.22. The molecule has 5 unspecified atom stereocenters. The van der Waals surface area contributed by atoms with E-state index in [-0.39, 0.29) is 37.3 Å². The molecule has 0 spiro atoms. The lowest BCUT2D eigenvalue weighted by atomic mass is 10.1. The molecule has 1 aliphatic carbocycles. The SMILES string of the molecule is CCOC(=O)C12CC1C=CCCCCCC(N)C(=O)N1CC(Oc3nc4cc(F)cc(Br)c4nc3C)CC1C(=O)N2. The van der Waals surface area contributed by atoms with E-state index in [0.717, 1.165) is 25.7 Å². The molecule has 3 N–H and O–H groups in total. The van der Waals surface area contributed by atoms with Gasteiger partial charge in [0.05, 0.1) is 24.7 Å². The Bertz CT molecular complexity index is 1390. The number of aryl methyl sites for hydroxylation is 1. The predicted molar refractivity (Wildman–Crippen MR) is 152 cm³/mol. The highest BCUT2D eigenvalue weighted by molar-refractivity contribution is 9.10. The Kier molecular flexibility index (Phi) is 8.60. The molecule has 1 aromatic heterocycles. The van der Waals surface area contributed by atoms with Crippen molar-refractivity contribution in [1.29, 1.82) is 0 Å². The average Bonchev–Trinajstić information content (AvgIpc) is 3.45. The molecule has 220 valence electrons. The first-order valence-corrected chi connectivity index (χ1v) is 14.9. The third-order valence-electron chi connectivity index (χ3n) is 8.02. The van der Waals surface area contributed by atoms with Crippen molar-refractivity contribution >= 4 is 44.7 Å². The standard InChI is InChI=1S/C29H35BrFN5O5/c1-3-40-28(39)29-14-17(29)9-7-5-4-6-8-10-21(32)27(38)36-15-19(13-23(36)25(37)35-29)41-26-16(2)33-24-20(30)11-18(31)12-22(24)34-26/h7,9,11-12,17,19,21,23H,3-6,8,10,13-15,32H2,1-2H3,(H,35,37).